The number of thioether (sulfide) groups is 1. The van der Waals surface area contributed by atoms with Crippen molar-refractivity contribution >= 4 is 34.7 Å². The van der Waals surface area contributed by atoms with Crippen molar-refractivity contribution in [3.8, 4) is 0 Å². The third-order valence-corrected chi connectivity index (χ3v) is 4.94. The molecule has 0 bridgehead atoms. The summed E-state index contributed by atoms with van der Waals surface area (Å²) in [7, 11) is 0. The molecule has 2 N–H and O–H groups in total. The summed E-state index contributed by atoms with van der Waals surface area (Å²) in [5.74, 6) is 0. The molecule has 0 aromatic carbocycles. The molecule has 0 saturated carbocycles. The highest BCUT2D eigenvalue weighted by molar-refractivity contribution is 7.99. The highest BCUT2D eigenvalue weighted by Crippen LogP contribution is 2.39. The zero-order valence-electron chi connectivity index (χ0n) is 9.34. The van der Waals surface area contributed by atoms with Crippen LogP contribution in [0.5, 0.6) is 0 Å². The molecule has 2 rings (SSSR count). The van der Waals surface area contributed by atoms with Crippen LogP contribution in [0.2, 0.25) is 5.02 Å². The lowest BCUT2D eigenvalue weighted by atomic mass is 10.1. The van der Waals surface area contributed by atoms with Crippen molar-refractivity contribution in [2.75, 3.05) is 0 Å². The summed E-state index contributed by atoms with van der Waals surface area (Å²) in [5.41, 5.74) is 7.27. The zero-order valence-corrected chi connectivity index (χ0v) is 11.7. The van der Waals surface area contributed by atoms with Gasteiger partial charge in [-0.3, -0.25) is 0 Å². The van der Waals surface area contributed by atoms with Gasteiger partial charge in [0.2, 0.25) is 0 Å². The van der Waals surface area contributed by atoms with E-state index >= 15 is 0 Å². The topological polar surface area (TPSA) is 38.9 Å². The molecule has 2 aromatic rings. The van der Waals surface area contributed by atoms with Gasteiger partial charge < -0.3 is 5.73 Å². The molecule has 0 fully saturated rings. The van der Waals surface area contributed by atoms with E-state index in [0.29, 0.717) is 5.02 Å². The van der Waals surface area contributed by atoms with Gasteiger partial charge in [-0.25, -0.2) is 4.98 Å². The minimum absolute atomic E-state index is 0.0488. The molecule has 0 spiro atoms. The van der Waals surface area contributed by atoms with Crippen molar-refractivity contribution in [1.29, 1.82) is 0 Å². The van der Waals surface area contributed by atoms with Crippen LogP contribution in [0.3, 0.4) is 0 Å². The molecule has 0 saturated heterocycles. The molecule has 2 atom stereocenters. The van der Waals surface area contributed by atoms with Crippen LogP contribution in [0.15, 0.2) is 40.2 Å². The van der Waals surface area contributed by atoms with Gasteiger partial charge in [0.1, 0.15) is 5.03 Å². The molecular weight excluding hydrogens is 272 g/mol. The van der Waals surface area contributed by atoms with E-state index in [9.17, 15) is 0 Å². The van der Waals surface area contributed by atoms with Crippen molar-refractivity contribution in [3.05, 3.63) is 45.7 Å². The molecule has 90 valence electrons. The van der Waals surface area contributed by atoms with Gasteiger partial charge in [-0.1, -0.05) is 23.4 Å². The highest BCUT2D eigenvalue weighted by atomic mass is 35.5. The van der Waals surface area contributed by atoms with Crippen molar-refractivity contribution in [2.45, 2.75) is 23.2 Å². The number of thiophene rings is 1. The lowest BCUT2D eigenvalue weighted by molar-refractivity contribution is 0.722. The molecule has 2 unspecified atom stereocenters. The van der Waals surface area contributed by atoms with Gasteiger partial charge >= 0.3 is 0 Å². The van der Waals surface area contributed by atoms with Crippen LogP contribution in [0.4, 0.5) is 0 Å². The Bertz CT molecular complexity index is 471. The van der Waals surface area contributed by atoms with Gasteiger partial charge in [-0.15, -0.1) is 0 Å². The number of nitrogens with two attached hydrogens (primary N) is 1. The summed E-state index contributed by atoms with van der Waals surface area (Å²) in [6.45, 7) is 2.01. The maximum Gasteiger partial charge on any atom is 0.115 e. The predicted octanol–water partition coefficient (Wildman–Crippen LogP) is 3.98. The SMILES string of the molecule is CC(N)C(Sc1ncccc1Cl)c1ccsc1. The molecule has 2 aromatic heterocycles. The number of pyridine rings is 1. The van der Waals surface area contributed by atoms with E-state index in [1.807, 2.05) is 19.1 Å². The first-order valence-electron chi connectivity index (χ1n) is 5.23. The second kappa shape index (κ2) is 5.87. The number of aromatic nitrogens is 1. The van der Waals surface area contributed by atoms with E-state index in [4.69, 9.17) is 17.3 Å². The Balaban J connectivity index is 2.23. The Morgan fingerprint density at radius 2 is 2.29 bits per heavy atom. The molecule has 0 aliphatic rings. The fourth-order valence-electron chi connectivity index (χ4n) is 1.49. The normalized spacial score (nSPS) is 14.5. The average molecular weight is 285 g/mol. The van der Waals surface area contributed by atoms with Crippen molar-refractivity contribution in [1.82, 2.24) is 4.98 Å². The zero-order chi connectivity index (χ0) is 12.3. The molecule has 0 aliphatic carbocycles. The first-order valence-corrected chi connectivity index (χ1v) is 7.43. The van der Waals surface area contributed by atoms with Crippen LogP contribution in [0.25, 0.3) is 0 Å². The largest absolute Gasteiger partial charge is 0.327 e. The van der Waals surface area contributed by atoms with E-state index in [0.717, 1.165) is 5.03 Å². The van der Waals surface area contributed by atoms with Crippen LogP contribution in [-0.2, 0) is 0 Å². The summed E-state index contributed by atoms with van der Waals surface area (Å²) in [5, 5.41) is 5.89. The summed E-state index contributed by atoms with van der Waals surface area (Å²) in [6, 6.07) is 5.83. The van der Waals surface area contributed by atoms with Crippen molar-refractivity contribution in [3.63, 3.8) is 0 Å². The Morgan fingerprint density at radius 1 is 1.47 bits per heavy atom. The summed E-state index contributed by atoms with van der Waals surface area (Å²) >= 11 is 9.41. The fraction of sp³-hybridized carbons (Fsp3) is 0.250. The summed E-state index contributed by atoms with van der Waals surface area (Å²) in [6.07, 6.45) is 1.75. The summed E-state index contributed by atoms with van der Waals surface area (Å²) in [4.78, 5) is 4.29. The third-order valence-electron chi connectivity index (χ3n) is 2.31. The van der Waals surface area contributed by atoms with E-state index in [1.54, 1.807) is 29.3 Å². The second-order valence-electron chi connectivity index (χ2n) is 3.74. The monoisotopic (exact) mass is 284 g/mol. The fourth-order valence-corrected chi connectivity index (χ4v) is 3.57. The molecule has 2 heterocycles. The van der Waals surface area contributed by atoms with Gasteiger partial charge in [0.25, 0.3) is 0 Å². The number of nitrogens with zero attached hydrogens (tertiary/aromatic N) is 1. The van der Waals surface area contributed by atoms with Gasteiger partial charge in [0.15, 0.2) is 0 Å². The lowest BCUT2D eigenvalue weighted by Gasteiger charge is -2.19. The molecule has 5 heteroatoms. The van der Waals surface area contributed by atoms with Crippen LogP contribution in [0, 0.1) is 0 Å². The molecule has 0 aliphatic heterocycles. The molecule has 0 amide bonds. The van der Waals surface area contributed by atoms with Crippen LogP contribution in [0.1, 0.15) is 17.7 Å². The Hall–Kier alpha value is -0.550. The van der Waals surface area contributed by atoms with Crippen LogP contribution in [-0.4, -0.2) is 11.0 Å². The third kappa shape index (κ3) is 3.22. The van der Waals surface area contributed by atoms with Gasteiger partial charge in [0, 0.05) is 12.2 Å². The number of halogens is 1. The van der Waals surface area contributed by atoms with E-state index in [1.165, 1.54) is 5.56 Å². The van der Waals surface area contributed by atoms with Crippen molar-refractivity contribution < 1.29 is 0 Å². The number of hydrogen-bond acceptors (Lipinski definition) is 4. The molecule has 17 heavy (non-hydrogen) atoms. The number of rotatable bonds is 4. The Kier molecular flexibility index (Phi) is 4.45. The second-order valence-corrected chi connectivity index (χ2v) is 6.06. The number of hydrogen-bond donors (Lipinski definition) is 1. The van der Waals surface area contributed by atoms with Crippen molar-refractivity contribution in [2.24, 2.45) is 5.73 Å². The smallest absolute Gasteiger partial charge is 0.115 e. The molecule has 2 nitrogen and oxygen atoms in total. The predicted molar refractivity (Wildman–Crippen MR) is 75.8 cm³/mol. The maximum atomic E-state index is 6.11. The van der Waals surface area contributed by atoms with Gasteiger partial charge in [-0.05, 0) is 41.4 Å². The first kappa shape index (κ1) is 12.9. The quantitative estimate of drug-likeness (QED) is 0.863. The first-order chi connectivity index (χ1) is 8.18. The average Bonchev–Trinajstić information content (AvgIpc) is 2.81. The minimum Gasteiger partial charge on any atom is -0.327 e. The Morgan fingerprint density at radius 3 is 2.88 bits per heavy atom. The van der Waals surface area contributed by atoms with Gasteiger partial charge in [-0.2, -0.15) is 11.3 Å². The maximum absolute atomic E-state index is 6.11. The van der Waals surface area contributed by atoms with Crippen LogP contribution < -0.4 is 5.73 Å². The standard InChI is InChI=1S/C12H13ClN2S2/c1-8(14)11(9-4-6-16-7-9)17-12-10(13)3-2-5-15-12/h2-8,11H,14H2,1H3. The molecular formula is C12H13ClN2S2. The van der Waals surface area contributed by atoms with E-state index in [-0.39, 0.29) is 11.3 Å². The highest BCUT2D eigenvalue weighted by Gasteiger charge is 2.19. The minimum atomic E-state index is 0.0488. The van der Waals surface area contributed by atoms with E-state index < -0.39 is 0 Å². The van der Waals surface area contributed by atoms with Gasteiger partial charge in [0.05, 0.1) is 10.3 Å². The van der Waals surface area contributed by atoms with E-state index in [2.05, 4.69) is 21.8 Å². The lowest BCUT2D eigenvalue weighted by Crippen LogP contribution is -2.22. The molecule has 0 radical (unpaired) electrons. The summed E-state index contributed by atoms with van der Waals surface area (Å²) < 4.78 is 0. The van der Waals surface area contributed by atoms with Crippen LogP contribution >= 0.6 is 34.7 Å². The Labute approximate surface area is 114 Å².